The van der Waals surface area contributed by atoms with Crippen LogP contribution in [0.1, 0.15) is 46.5 Å². The molecule has 6 heteroatoms. The average Bonchev–Trinajstić information content (AvgIpc) is 3.34. The van der Waals surface area contributed by atoms with E-state index in [2.05, 4.69) is 10.6 Å². The van der Waals surface area contributed by atoms with Crippen LogP contribution in [0.5, 0.6) is 0 Å². The quantitative estimate of drug-likeness (QED) is 0.467. The second-order valence-electron chi connectivity index (χ2n) is 5.48. The first-order valence-electron chi connectivity index (χ1n) is 7.86. The van der Waals surface area contributed by atoms with Crippen LogP contribution in [-0.4, -0.2) is 42.9 Å². The molecule has 6 nitrogen and oxygen atoms in total. The van der Waals surface area contributed by atoms with Gasteiger partial charge >= 0.3 is 0 Å². The van der Waals surface area contributed by atoms with Crippen LogP contribution in [-0.2, 0) is 19.1 Å². The van der Waals surface area contributed by atoms with Gasteiger partial charge in [-0.15, -0.1) is 0 Å². The van der Waals surface area contributed by atoms with E-state index in [1.807, 2.05) is 19.9 Å². The molecule has 0 aromatic rings. The van der Waals surface area contributed by atoms with Crippen molar-refractivity contribution in [1.29, 1.82) is 0 Å². The Hall–Kier alpha value is -1.69. The molecule has 2 amide bonds. The molecule has 1 atom stereocenters. The van der Waals surface area contributed by atoms with Gasteiger partial charge in [-0.25, -0.2) is 0 Å². The van der Waals surface area contributed by atoms with Gasteiger partial charge in [0.25, 0.3) is 5.91 Å². The van der Waals surface area contributed by atoms with Crippen LogP contribution in [0.2, 0.25) is 0 Å². The fraction of sp³-hybridized carbons (Fsp3) is 0.688. The summed E-state index contributed by atoms with van der Waals surface area (Å²) in [7, 11) is 0. The van der Waals surface area contributed by atoms with Crippen LogP contribution in [0.3, 0.4) is 0 Å². The van der Waals surface area contributed by atoms with Gasteiger partial charge in [0.2, 0.25) is 11.7 Å². The maximum absolute atomic E-state index is 12.1. The normalized spacial score (nSPS) is 16.0. The summed E-state index contributed by atoms with van der Waals surface area (Å²) in [6, 6.07) is -0.913. The van der Waals surface area contributed by atoms with Crippen LogP contribution < -0.4 is 10.6 Å². The highest BCUT2D eigenvalue weighted by Crippen LogP contribution is 2.23. The average molecular weight is 310 g/mol. The van der Waals surface area contributed by atoms with E-state index in [9.17, 15) is 14.4 Å². The topological polar surface area (TPSA) is 84.5 Å². The monoisotopic (exact) mass is 310 g/mol. The number of nitrogens with one attached hydrogen (secondary N) is 2. The Morgan fingerprint density at radius 2 is 1.91 bits per heavy atom. The third-order valence-electron chi connectivity index (χ3n) is 3.49. The molecule has 1 fully saturated rings. The van der Waals surface area contributed by atoms with Crippen molar-refractivity contribution in [2.24, 2.45) is 0 Å². The largest absolute Gasteiger partial charge is 0.376 e. The Balaban J connectivity index is 2.51. The molecule has 0 aromatic carbocycles. The van der Waals surface area contributed by atoms with E-state index in [0.717, 1.165) is 24.8 Å². The molecule has 0 radical (unpaired) electrons. The van der Waals surface area contributed by atoms with Crippen molar-refractivity contribution < 1.29 is 19.1 Å². The first kappa shape index (κ1) is 18.4. The van der Waals surface area contributed by atoms with E-state index in [4.69, 9.17) is 4.74 Å². The van der Waals surface area contributed by atoms with Crippen molar-refractivity contribution in [3.8, 4) is 0 Å². The van der Waals surface area contributed by atoms with Crippen molar-refractivity contribution in [1.82, 2.24) is 10.6 Å². The van der Waals surface area contributed by atoms with E-state index in [1.165, 1.54) is 0 Å². The lowest BCUT2D eigenvalue weighted by Crippen LogP contribution is -2.50. The Bertz CT molecular complexity index is 441. The van der Waals surface area contributed by atoms with Gasteiger partial charge in [-0.2, -0.15) is 0 Å². The van der Waals surface area contributed by atoms with Crippen LogP contribution in [0.25, 0.3) is 0 Å². The van der Waals surface area contributed by atoms with E-state index in [1.54, 1.807) is 6.92 Å². The summed E-state index contributed by atoms with van der Waals surface area (Å²) in [5, 5.41) is 5.10. The zero-order valence-electron chi connectivity index (χ0n) is 13.6. The Labute approximate surface area is 131 Å². The fourth-order valence-electron chi connectivity index (χ4n) is 1.65. The summed E-state index contributed by atoms with van der Waals surface area (Å²) in [5.74, 6) is -1.63. The van der Waals surface area contributed by atoms with E-state index in [-0.39, 0.29) is 25.0 Å². The van der Waals surface area contributed by atoms with Gasteiger partial charge in [0.05, 0.1) is 12.7 Å². The van der Waals surface area contributed by atoms with E-state index in [0.29, 0.717) is 6.54 Å². The molecule has 1 unspecified atom stereocenters. The van der Waals surface area contributed by atoms with Crippen LogP contribution in [0.15, 0.2) is 11.6 Å². The lowest BCUT2D eigenvalue weighted by molar-refractivity contribution is -0.141. The van der Waals surface area contributed by atoms with E-state index >= 15 is 0 Å². The smallest absolute Gasteiger partial charge is 0.289 e. The lowest BCUT2D eigenvalue weighted by Gasteiger charge is -2.17. The standard InChI is InChI=1S/C16H26N2O4/c1-4-11(3)8-9-17-16(21)15(20)13(18-14(19)5-2)10-22-12-6-7-12/h8,12-13H,4-7,9-10H2,1-3H3,(H,17,21)(H,18,19). The molecule has 1 aliphatic carbocycles. The van der Waals surface area contributed by atoms with E-state index < -0.39 is 17.7 Å². The molecule has 0 aromatic heterocycles. The third-order valence-corrected chi connectivity index (χ3v) is 3.49. The maximum Gasteiger partial charge on any atom is 0.289 e. The number of hydrogen-bond acceptors (Lipinski definition) is 4. The molecule has 0 saturated heterocycles. The molecule has 0 bridgehead atoms. The minimum Gasteiger partial charge on any atom is -0.376 e. The molecule has 0 heterocycles. The number of carbonyl (C=O) groups excluding carboxylic acids is 3. The highest BCUT2D eigenvalue weighted by molar-refractivity contribution is 6.38. The first-order chi connectivity index (χ1) is 10.5. The molecule has 0 aliphatic heterocycles. The molecule has 22 heavy (non-hydrogen) atoms. The van der Waals surface area contributed by atoms with Gasteiger partial charge in [-0.05, 0) is 26.2 Å². The second-order valence-corrected chi connectivity index (χ2v) is 5.48. The number of Topliss-reactive ketones (excluding diaryl/α,β-unsaturated/α-hetero) is 1. The molecular weight excluding hydrogens is 284 g/mol. The van der Waals surface area contributed by atoms with Crippen molar-refractivity contribution in [3.05, 3.63) is 11.6 Å². The van der Waals surface area contributed by atoms with Crippen LogP contribution in [0.4, 0.5) is 0 Å². The summed E-state index contributed by atoms with van der Waals surface area (Å²) >= 11 is 0. The molecule has 1 saturated carbocycles. The van der Waals surface area contributed by atoms with Gasteiger partial charge in [0.1, 0.15) is 6.04 Å². The summed E-state index contributed by atoms with van der Waals surface area (Å²) < 4.78 is 5.46. The van der Waals surface area contributed by atoms with Crippen LogP contribution >= 0.6 is 0 Å². The predicted octanol–water partition coefficient (Wildman–Crippen LogP) is 1.10. The molecular formula is C16H26N2O4. The van der Waals surface area contributed by atoms with Crippen molar-refractivity contribution in [2.75, 3.05) is 13.2 Å². The summed E-state index contributed by atoms with van der Waals surface area (Å²) in [5.41, 5.74) is 1.14. The minimum atomic E-state index is -0.913. The molecule has 0 spiro atoms. The maximum atomic E-state index is 12.1. The highest BCUT2D eigenvalue weighted by atomic mass is 16.5. The first-order valence-corrected chi connectivity index (χ1v) is 7.86. The number of rotatable bonds is 10. The number of amides is 2. The number of ether oxygens (including phenoxy) is 1. The molecule has 1 aliphatic rings. The van der Waals surface area contributed by atoms with Crippen molar-refractivity contribution in [2.45, 2.75) is 58.6 Å². The van der Waals surface area contributed by atoms with Gasteiger partial charge in [0, 0.05) is 13.0 Å². The number of hydrogen-bond donors (Lipinski definition) is 2. The molecule has 1 rings (SSSR count). The SMILES string of the molecule is CCC(=O)NC(COC1CC1)C(=O)C(=O)NCC=C(C)CC. The fourth-order valence-corrected chi connectivity index (χ4v) is 1.65. The molecule has 124 valence electrons. The van der Waals surface area contributed by atoms with Gasteiger partial charge in [-0.3, -0.25) is 14.4 Å². The minimum absolute atomic E-state index is 0.0481. The van der Waals surface area contributed by atoms with Gasteiger partial charge in [-0.1, -0.05) is 25.5 Å². The Kier molecular flexibility index (Phi) is 7.80. The zero-order valence-corrected chi connectivity index (χ0v) is 13.6. The summed E-state index contributed by atoms with van der Waals surface area (Å²) in [6.45, 7) is 6.03. The third kappa shape index (κ3) is 6.85. The number of carbonyl (C=O) groups is 3. The Morgan fingerprint density at radius 3 is 2.45 bits per heavy atom. The molecule has 2 N–H and O–H groups in total. The second kappa shape index (κ2) is 9.35. The van der Waals surface area contributed by atoms with Gasteiger partial charge < -0.3 is 15.4 Å². The highest BCUT2D eigenvalue weighted by Gasteiger charge is 2.30. The lowest BCUT2D eigenvalue weighted by atomic mass is 10.1. The number of allylic oxidation sites excluding steroid dienone is 1. The van der Waals surface area contributed by atoms with Gasteiger partial charge in [0.15, 0.2) is 0 Å². The summed E-state index contributed by atoms with van der Waals surface area (Å²) in [4.78, 5) is 35.5. The predicted molar refractivity (Wildman–Crippen MR) is 83.3 cm³/mol. The Morgan fingerprint density at radius 1 is 1.23 bits per heavy atom. The number of ketones is 1. The van der Waals surface area contributed by atoms with Crippen molar-refractivity contribution in [3.63, 3.8) is 0 Å². The summed E-state index contributed by atoms with van der Waals surface area (Å²) in [6.07, 6.45) is 5.12. The van der Waals surface area contributed by atoms with Crippen molar-refractivity contribution >= 4 is 17.6 Å². The van der Waals surface area contributed by atoms with Crippen LogP contribution in [0, 0.1) is 0 Å². The zero-order chi connectivity index (χ0) is 16.5.